The van der Waals surface area contributed by atoms with Crippen molar-refractivity contribution >= 4 is 28.8 Å². The minimum atomic E-state index is -4.52. The molecule has 5 nitrogen and oxygen atoms in total. The summed E-state index contributed by atoms with van der Waals surface area (Å²) in [5.74, 6) is 0.276. The highest BCUT2D eigenvalue weighted by molar-refractivity contribution is 6.33. The van der Waals surface area contributed by atoms with Crippen molar-refractivity contribution in [2.24, 2.45) is 0 Å². The van der Waals surface area contributed by atoms with Crippen molar-refractivity contribution in [2.75, 3.05) is 0 Å². The summed E-state index contributed by atoms with van der Waals surface area (Å²) in [4.78, 5) is 8.39. The van der Waals surface area contributed by atoms with E-state index in [-0.39, 0.29) is 28.1 Å². The second kappa shape index (κ2) is 6.00. The third-order valence-corrected chi connectivity index (χ3v) is 4.20. The topological polar surface area (TPSA) is 56.2 Å². The second-order valence-corrected chi connectivity index (χ2v) is 6.15. The van der Waals surface area contributed by atoms with E-state index in [9.17, 15) is 13.2 Å². The minimum Gasteiger partial charge on any atom is -0.334 e. The first kappa shape index (κ1) is 16.9. The molecule has 0 radical (unpaired) electrons. The van der Waals surface area contributed by atoms with Crippen molar-refractivity contribution in [1.29, 1.82) is 0 Å². The SMILES string of the molecule is FC(F)(F)c1cc(Cl)c2nc(-c3noc(-c4ccccc4Cl)n3)cn2c1. The van der Waals surface area contributed by atoms with Gasteiger partial charge in [-0.1, -0.05) is 40.5 Å². The number of aromatic nitrogens is 4. The number of benzene rings is 1. The fraction of sp³-hybridized carbons (Fsp3) is 0.0625. The minimum absolute atomic E-state index is 0.105. The fourth-order valence-electron chi connectivity index (χ4n) is 2.39. The van der Waals surface area contributed by atoms with Crippen molar-refractivity contribution in [1.82, 2.24) is 19.5 Å². The van der Waals surface area contributed by atoms with Gasteiger partial charge >= 0.3 is 6.18 Å². The van der Waals surface area contributed by atoms with Gasteiger partial charge in [0.05, 0.1) is 21.2 Å². The highest BCUT2D eigenvalue weighted by Crippen LogP contribution is 2.33. The van der Waals surface area contributed by atoms with Crippen LogP contribution in [0.1, 0.15) is 5.56 Å². The first-order valence-electron chi connectivity index (χ1n) is 7.17. The summed E-state index contributed by atoms with van der Waals surface area (Å²) in [6, 6.07) is 7.71. The van der Waals surface area contributed by atoms with E-state index in [1.54, 1.807) is 24.3 Å². The van der Waals surface area contributed by atoms with E-state index in [0.29, 0.717) is 10.6 Å². The van der Waals surface area contributed by atoms with Crippen LogP contribution in [0.4, 0.5) is 13.2 Å². The molecule has 0 N–H and O–H groups in total. The van der Waals surface area contributed by atoms with Gasteiger partial charge in [-0.2, -0.15) is 18.2 Å². The zero-order valence-electron chi connectivity index (χ0n) is 12.6. The number of alkyl halides is 3. The molecular formula is C16H7Cl2F3N4O. The van der Waals surface area contributed by atoms with Crippen molar-refractivity contribution in [2.45, 2.75) is 6.18 Å². The van der Waals surface area contributed by atoms with Crippen LogP contribution in [-0.2, 0) is 6.18 Å². The smallest absolute Gasteiger partial charge is 0.334 e. The van der Waals surface area contributed by atoms with Crippen LogP contribution in [0.25, 0.3) is 28.6 Å². The zero-order chi connectivity index (χ0) is 18.5. The standard InChI is InChI=1S/C16H7Cl2F3N4O/c17-10-4-2-1-3-9(10)15-23-13(24-26-15)12-7-25-6-8(16(19,20)21)5-11(18)14(25)22-12/h1-7H. The van der Waals surface area contributed by atoms with E-state index in [0.717, 1.165) is 12.3 Å². The molecule has 0 aliphatic carbocycles. The van der Waals surface area contributed by atoms with Crippen molar-refractivity contribution in [3.63, 3.8) is 0 Å². The number of fused-ring (bicyclic) bond motifs is 1. The number of nitrogens with zero attached hydrogens (tertiary/aromatic N) is 4. The van der Waals surface area contributed by atoms with Crippen LogP contribution in [0.2, 0.25) is 10.0 Å². The van der Waals surface area contributed by atoms with Gasteiger partial charge in [0.25, 0.3) is 5.89 Å². The van der Waals surface area contributed by atoms with E-state index in [2.05, 4.69) is 15.1 Å². The molecular weight excluding hydrogens is 392 g/mol. The lowest BCUT2D eigenvalue weighted by Crippen LogP contribution is -2.06. The summed E-state index contributed by atoms with van der Waals surface area (Å²) < 4.78 is 45.1. The Morgan fingerprint density at radius 2 is 1.77 bits per heavy atom. The summed E-state index contributed by atoms with van der Waals surface area (Å²) in [6.07, 6.45) is -2.28. The third-order valence-electron chi connectivity index (χ3n) is 3.59. The number of pyridine rings is 1. The largest absolute Gasteiger partial charge is 0.417 e. The Bertz CT molecular complexity index is 1120. The van der Waals surface area contributed by atoms with Crippen LogP contribution in [-0.4, -0.2) is 19.5 Å². The molecule has 0 fully saturated rings. The molecule has 0 aliphatic heterocycles. The summed E-state index contributed by atoms with van der Waals surface area (Å²) in [7, 11) is 0. The fourth-order valence-corrected chi connectivity index (χ4v) is 2.87. The predicted octanol–water partition coefficient (Wildman–Crippen LogP) is 5.38. The number of halogens is 5. The maximum absolute atomic E-state index is 12.9. The molecule has 132 valence electrons. The molecule has 1 aromatic carbocycles. The summed E-state index contributed by atoms with van der Waals surface area (Å²) >= 11 is 12.0. The maximum Gasteiger partial charge on any atom is 0.417 e. The molecule has 0 saturated heterocycles. The average molecular weight is 399 g/mol. The van der Waals surface area contributed by atoms with E-state index in [1.807, 2.05) is 0 Å². The number of hydrogen-bond donors (Lipinski definition) is 0. The van der Waals surface area contributed by atoms with Gasteiger partial charge in [-0.05, 0) is 18.2 Å². The Morgan fingerprint density at radius 1 is 1.00 bits per heavy atom. The quantitative estimate of drug-likeness (QED) is 0.454. The zero-order valence-corrected chi connectivity index (χ0v) is 14.1. The van der Waals surface area contributed by atoms with Gasteiger partial charge in [0.15, 0.2) is 5.65 Å². The highest BCUT2D eigenvalue weighted by atomic mass is 35.5. The van der Waals surface area contributed by atoms with Crippen LogP contribution < -0.4 is 0 Å². The average Bonchev–Trinajstić information content (AvgIpc) is 3.21. The number of hydrogen-bond acceptors (Lipinski definition) is 4. The number of imidazole rings is 1. The Labute approximate surface area is 154 Å². The van der Waals surface area contributed by atoms with E-state index in [4.69, 9.17) is 27.7 Å². The first-order valence-corrected chi connectivity index (χ1v) is 7.93. The van der Waals surface area contributed by atoms with Crippen LogP contribution in [0.15, 0.2) is 47.2 Å². The Morgan fingerprint density at radius 3 is 2.50 bits per heavy atom. The molecule has 0 bridgehead atoms. The van der Waals surface area contributed by atoms with Crippen LogP contribution >= 0.6 is 23.2 Å². The van der Waals surface area contributed by atoms with Crippen molar-refractivity contribution in [3.05, 3.63) is 58.3 Å². The molecule has 0 amide bonds. The number of rotatable bonds is 2. The Hall–Kier alpha value is -2.58. The van der Waals surface area contributed by atoms with Gasteiger partial charge in [0.2, 0.25) is 5.82 Å². The Kier molecular flexibility index (Phi) is 3.89. The molecule has 3 aromatic heterocycles. The lowest BCUT2D eigenvalue weighted by atomic mass is 10.2. The van der Waals surface area contributed by atoms with E-state index in [1.165, 1.54) is 10.6 Å². The molecule has 4 aromatic rings. The molecule has 3 heterocycles. The van der Waals surface area contributed by atoms with E-state index >= 15 is 0 Å². The van der Waals surface area contributed by atoms with Gasteiger partial charge in [-0.15, -0.1) is 0 Å². The lowest BCUT2D eigenvalue weighted by Gasteiger charge is -2.07. The summed E-state index contributed by atoms with van der Waals surface area (Å²) in [5.41, 5.74) is 0.0185. The van der Waals surface area contributed by atoms with Crippen LogP contribution in [0.3, 0.4) is 0 Å². The van der Waals surface area contributed by atoms with Gasteiger partial charge in [-0.3, -0.25) is 0 Å². The summed E-state index contributed by atoms with van der Waals surface area (Å²) in [6.45, 7) is 0. The van der Waals surface area contributed by atoms with Gasteiger partial charge in [0, 0.05) is 12.4 Å². The van der Waals surface area contributed by atoms with Crippen LogP contribution in [0.5, 0.6) is 0 Å². The third kappa shape index (κ3) is 2.91. The molecule has 26 heavy (non-hydrogen) atoms. The lowest BCUT2D eigenvalue weighted by molar-refractivity contribution is -0.137. The van der Waals surface area contributed by atoms with Crippen molar-refractivity contribution < 1.29 is 17.7 Å². The molecule has 0 aliphatic rings. The maximum atomic E-state index is 12.9. The van der Waals surface area contributed by atoms with Crippen molar-refractivity contribution in [3.8, 4) is 23.0 Å². The highest BCUT2D eigenvalue weighted by Gasteiger charge is 2.32. The molecule has 0 atom stereocenters. The van der Waals surface area contributed by atoms with Crippen LogP contribution in [0, 0.1) is 0 Å². The monoisotopic (exact) mass is 398 g/mol. The van der Waals surface area contributed by atoms with Gasteiger partial charge < -0.3 is 8.92 Å². The molecule has 10 heteroatoms. The first-order chi connectivity index (χ1) is 12.3. The Balaban J connectivity index is 1.79. The molecule has 0 spiro atoms. The van der Waals surface area contributed by atoms with Gasteiger partial charge in [0.1, 0.15) is 5.69 Å². The predicted molar refractivity (Wildman–Crippen MR) is 88.9 cm³/mol. The normalized spacial score (nSPS) is 12.0. The molecule has 0 saturated carbocycles. The second-order valence-electron chi connectivity index (χ2n) is 5.33. The van der Waals surface area contributed by atoms with Gasteiger partial charge in [-0.25, -0.2) is 4.98 Å². The molecule has 0 unspecified atom stereocenters. The van der Waals surface area contributed by atoms with E-state index < -0.39 is 11.7 Å². The molecule has 4 rings (SSSR count). The summed E-state index contributed by atoms with van der Waals surface area (Å²) in [5, 5.41) is 4.10.